The van der Waals surface area contributed by atoms with Gasteiger partial charge in [-0.25, -0.2) is 0 Å². The number of rotatable bonds is 5. The van der Waals surface area contributed by atoms with Gasteiger partial charge in [-0.05, 0) is 25.0 Å². The SMILES string of the molecule is C=C(CCl)CN(CC)C1CCCCC1. The minimum Gasteiger partial charge on any atom is -0.297 e. The summed E-state index contributed by atoms with van der Waals surface area (Å²) in [6, 6.07) is 0.786. The summed E-state index contributed by atoms with van der Waals surface area (Å²) in [4.78, 5) is 2.53. The monoisotopic (exact) mass is 215 g/mol. The molecule has 0 spiro atoms. The summed E-state index contributed by atoms with van der Waals surface area (Å²) in [6.07, 6.45) is 6.94. The number of hydrogen-bond acceptors (Lipinski definition) is 1. The van der Waals surface area contributed by atoms with E-state index in [0.717, 1.165) is 24.7 Å². The van der Waals surface area contributed by atoms with Gasteiger partial charge < -0.3 is 0 Å². The Labute approximate surface area is 93.1 Å². The van der Waals surface area contributed by atoms with Gasteiger partial charge >= 0.3 is 0 Å². The van der Waals surface area contributed by atoms with E-state index in [4.69, 9.17) is 11.6 Å². The Balaban J connectivity index is 2.39. The molecule has 14 heavy (non-hydrogen) atoms. The molecule has 1 aliphatic carbocycles. The first kappa shape index (κ1) is 12.1. The molecule has 0 aromatic carbocycles. The summed E-state index contributed by atoms with van der Waals surface area (Å²) < 4.78 is 0. The number of alkyl halides is 1. The van der Waals surface area contributed by atoms with Crippen LogP contribution in [-0.2, 0) is 0 Å². The van der Waals surface area contributed by atoms with Crippen LogP contribution in [0.2, 0.25) is 0 Å². The molecule has 2 heteroatoms. The first-order valence-electron chi connectivity index (χ1n) is 5.74. The fourth-order valence-electron chi connectivity index (χ4n) is 2.27. The second kappa shape index (κ2) is 6.47. The maximum Gasteiger partial charge on any atom is 0.0443 e. The Morgan fingerprint density at radius 1 is 1.36 bits per heavy atom. The van der Waals surface area contributed by atoms with Crippen LogP contribution in [-0.4, -0.2) is 29.9 Å². The van der Waals surface area contributed by atoms with Gasteiger partial charge in [0.2, 0.25) is 0 Å². The lowest BCUT2D eigenvalue weighted by atomic mass is 9.94. The van der Waals surface area contributed by atoms with Gasteiger partial charge in [-0.3, -0.25) is 4.90 Å². The molecule has 0 unspecified atom stereocenters. The summed E-state index contributed by atoms with van der Waals surface area (Å²) in [7, 11) is 0. The van der Waals surface area contributed by atoms with Gasteiger partial charge in [-0.15, -0.1) is 11.6 Å². The second-order valence-corrected chi connectivity index (χ2v) is 4.51. The van der Waals surface area contributed by atoms with Crippen molar-refractivity contribution in [1.29, 1.82) is 0 Å². The molecule has 0 heterocycles. The van der Waals surface area contributed by atoms with Crippen molar-refractivity contribution >= 4 is 11.6 Å². The Kier molecular flexibility index (Phi) is 5.57. The average molecular weight is 216 g/mol. The number of hydrogen-bond donors (Lipinski definition) is 0. The molecule has 1 aliphatic rings. The predicted octanol–water partition coefficient (Wildman–Crippen LogP) is 3.44. The van der Waals surface area contributed by atoms with Gasteiger partial charge in [0.05, 0.1) is 0 Å². The highest BCUT2D eigenvalue weighted by Crippen LogP contribution is 2.22. The van der Waals surface area contributed by atoms with Crippen LogP contribution in [0, 0.1) is 0 Å². The minimum atomic E-state index is 0.600. The molecule has 0 saturated heterocycles. The van der Waals surface area contributed by atoms with Gasteiger partial charge in [0, 0.05) is 18.5 Å². The van der Waals surface area contributed by atoms with Crippen molar-refractivity contribution in [2.75, 3.05) is 19.0 Å². The van der Waals surface area contributed by atoms with Gasteiger partial charge in [-0.1, -0.05) is 32.8 Å². The Morgan fingerprint density at radius 3 is 2.50 bits per heavy atom. The molecule has 0 aromatic rings. The van der Waals surface area contributed by atoms with Gasteiger partial charge in [0.25, 0.3) is 0 Å². The molecule has 1 nitrogen and oxygen atoms in total. The lowest BCUT2D eigenvalue weighted by molar-refractivity contribution is 0.177. The Hall–Kier alpha value is -0.0100. The Morgan fingerprint density at radius 2 is 2.00 bits per heavy atom. The molecular formula is C12H22ClN. The molecule has 0 bridgehead atoms. The van der Waals surface area contributed by atoms with E-state index in [1.54, 1.807) is 0 Å². The van der Waals surface area contributed by atoms with Crippen LogP contribution in [0.5, 0.6) is 0 Å². The summed E-state index contributed by atoms with van der Waals surface area (Å²) in [6.45, 7) is 8.33. The molecule has 1 saturated carbocycles. The lowest BCUT2D eigenvalue weighted by Crippen LogP contribution is -2.38. The largest absolute Gasteiger partial charge is 0.297 e. The maximum absolute atomic E-state index is 5.77. The number of nitrogens with zero attached hydrogens (tertiary/aromatic N) is 1. The third-order valence-corrected chi connectivity index (χ3v) is 3.49. The van der Waals surface area contributed by atoms with Gasteiger partial charge in [-0.2, -0.15) is 0 Å². The normalized spacial score (nSPS) is 18.8. The number of likely N-dealkylation sites (N-methyl/N-ethyl adjacent to an activating group) is 1. The van der Waals surface area contributed by atoms with Crippen LogP contribution < -0.4 is 0 Å². The second-order valence-electron chi connectivity index (χ2n) is 4.24. The Bertz CT molecular complexity index is 173. The zero-order valence-corrected chi connectivity index (χ0v) is 10.0. The molecule has 0 aliphatic heterocycles. The van der Waals surface area contributed by atoms with Crippen LogP contribution in [0.25, 0.3) is 0 Å². The highest BCUT2D eigenvalue weighted by Gasteiger charge is 2.19. The van der Waals surface area contributed by atoms with E-state index in [1.165, 1.54) is 32.1 Å². The van der Waals surface area contributed by atoms with Crippen molar-refractivity contribution < 1.29 is 0 Å². The topological polar surface area (TPSA) is 3.24 Å². The average Bonchev–Trinajstić information content (AvgIpc) is 2.26. The van der Waals surface area contributed by atoms with E-state index >= 15 is 0 Å². The summed E-state index contributed by atoms with van der Waals surface area (Å²) in [5.74, 6) is 0.600. The van der Waals surface area contributed by atoms with Crippen molar-refractivity contribution in [3.8, 4) is 0 Å². The van der Waals surface area contributed by atoms with Crippen molar-refractivity contribution in [2.24, 2.45) is 0 Å². The zero-order chi connectivity index (χ0) is 10.4. The van der Waals surface area contributed by atoms with Crippen molar-refractivity contribution in [2.45, 2.75) is 45.1 Å². The molecular weight excluding hydrogens is 194 g/mol. The van der Waals surface area contributed by atoms with Crippen LogP contribution in [0.3, 0.4) is 0 Å². The molecule has 82 valence electrons. The van der Waals surface area contributed by atoms with E-state index in [1.807, 2.05) is 0 Å². The number of halogens is 1. The smallest absolute Gasteiger partial charge is 0.0443 e. The fraction of sp³-hybridized carbons (Fsp3) is 0.833. The van der Waals surface area contributed by atoms with E-state index in [-0.39, 0.29) is 0 Å². The molecule has 1 rings (SSSR count). The highest BCUT2D eigenvalue weighted by molar-refractivity contribution is 6.19. The minimum absolute atomic E-state index is 0.600. The third kappa shape index (κ3) is 3.62. The van der Waals surface area contributed by atoms with Crippen LogP contribution in [0.4, 0.5) is 0 Å². The standard InChI is InChI=1S/C12H22ClN/c1-3-14(10-11(2)9-13)12-7-5-4-6-8-12/h12H,2-10H2,1H3. The predicted molar refractivity (Wildman–Crippen MR) is 64.0 cm³/mol. The molecule has 0 aromatic heterocycles. The highest BCUT2D eigenvalue weighted by atomic mass is 35.5. The van der Waals surface area contributed by atoms with Crippen LogP contribution >= 0.6 is 11.6 Å². The van der Waals surface area contributed by atoms with Crippen LogP contribution in [0.15, 0.2) is 12.2 Å². The third-order valence-electron chi connectivity index (χ3n) is 3.11. The van der Waals surface area contributed by atoms with Crippen molar-refractivity contribution in [3.05, 3.63) is 12.2 Å². The van der Waals surface area contributed by atoms with Crippen molar-refractivity contribution in [1.82, 2.24) is 4.90 Å². The first-order chi connectivity index (χ1) is 6.77. The van der Waals surface area contributed by atoms with Crippen LogP contribution in [0.1, 0.15) is 39.0 Å². The fourth-order valence-corrected chi connectivity index (χ4v) is 2.36. The molecule has 0 N–H and O–H groups in total. The zero-order valence-electron chi connectivity index (χ0n) is 9.27. The van der Waals surface area contributed by atoms with Gasteiger partial charge in [0.15, 0.2) is 0 Å². The van der Waals surface area contributed by atoms with E-state index in [9.17, 15) is 0 Å². The summed E-state index contributed by atoms with van der Waals surface area (Å²) >= 11 is 5.77. The van der Waals surface area contributed by atoms with Crippen molar-refractivity contribution in [3.63, 3.8) is 0 Å². The molecule has 0 amide bonds. The molecule has 0 atom stereocenters. The van der Waals surface area contributed by atoms with E-state index < -0.39 is 0 Å². The van der Waals surface area contributed by atoms with E-state index in [0.29, 0.717) is 5.88 Å². The lowest BCUT2D eigenvalue weighted by Gasteiger charge is -2.33. The molecule has 1 fully saturated rings. The van der Waals surface area contributed by atoms with E-state index in [2.05, 4.69) is 18.4 Å². The summed E-state index contributed by atoms with van der Waals surface area (Å²) in [5, 5.41) is 0. The van der Waals surface area contributed by atoms with Gasteiger partial charge in [0.1, 0.15) is 0 Å². The first-order valence-corrected chi connectivity index (χ1v) is 6.28. The quantitative estimate of drug-likeness (QED) is 0.502. The summed E-state index contributed by atoms with van der Waals surface area (Å²) in [5.41, 5.74) is 1.15. The maximum atomic E-state index is 5.77. The molecule has 0 radical (unpaired) electrons.